The van der Waals surface area contributed by atoms with Crippen LogP contribution < -0.4 is 5.73 Å². The number of hydrogen-bond donors (Lipinski definition) is 1. The van der Waals surface area contributed by atoms with E-state index in [0.29, 0.717) is 12.4 Å². The summed E-state index contributed by atoms with van der Waals surface area (Å²) >= 11 is 0. The molecule has 0 spiro atoms. The van der Waals surface area contributed by atoms with Gasteiger partial charge in [0.1, 0.15) is 0 Å². The molecule has 0 aliphatic rings. The maximum Gasteiger partial charge on any atom is 0.0937 e. The Morgan fingerprint density at radius 2 is 2.25 bits per heavy atom. The van der Waals surface area contributed by atoms with Crippen LogP contribution in [0.1, 0.15) is 26.7 Å². The van der Waals surface area contributed by atoms with E-state index in [1.54, 1.807) is 6.26 Å². The lowest BCUT2D eigenvalue weighted by molar-refractivity contribution is 0.677. The van der Waals surface area contributed by atoms with E-state index >= 15 is 0 Å². The Morgan fingerprint density at radius 1 is 1.67 bits per heavy atom. The summed E-state index contributed by atoms with van der Waals surface area (Å²) < 4.78 is 10.9. The SMILES string of the molecule is CCCC(N)=NCC(C)S(C)=O. The molecule has 0 bridgehead atoms. The van der Waals surface area contributed by atoms with E-state index in [0.717, 1.165) is 12.8 Å². The number of nitrogens with zero attached hydrogens (tertiary/aromatic N) is 1. The molecule has 0 aromatic carbocycles. The molecule has 12 heavy (non-hydrogen) atoms. The van der Waals surface area contributed by atoms with E-state index < -0.39 is 10.8 Å². The molecule has 0 aromatic heterocycles. The Balaban J connectivity index is 3.78. The van der Waals surface area contributed by atoms with Gasteiger partial charge in [-0.15, -0.1) is 0 Å². The van der Waals surface area contributed by atoms with E-state index in [4.69, 9.17) is 5.73 Å². The number of nitrogens with two attached hydrogens (primary N) is 1. The Labute approximate surface area is 76.9 Å². The Kier molecular flexibility index (Phi) is 5.98. The number of hydrogen-bond acceptors (Lipinski definition) is 2. The van der Waals surface area contributed by atoms with Gasteiger partial charge in [-0.25, -0.2) is 0 Å². The Hall–Kier alpha value is -0.380. The van der Waals surface area contributed by atoms with E-state index in [2.05, 4.69) is 11.9 Å². The van der Waals surface area contributed by atoms with Gasteiger partial charge in [-0.1, -0.05) is 6.92 Å². The average Bonchev–Trinajstić information content (AvgIpc) is 2.00. The summed E-state index contributed by atoms with van der Waals surface area (Å²) in [4.78, 5) is 4.14. The molecule has 0 heterocycles. The molecular weight excluding hydrogens is 172 g/mol. The molecule has 2 N–H and O–H groups in total. The maximum absolute atomic E-state index is 10.9. The van der Waals surface area contributed by atoms with Crippen LogP contribution in [0.3, 0.4) is 0 Å². The van der Waals surface area contributed by atoms with Crippen molar-refractivity contribution in [3.05, 3.63) is 0 Å². The second-order valence-corrected chi connectivity index (χ2v) is 4.69. The highest BCUT2D eigenvalue weighted by molar-refractivity contribution is 7.84. The number of rotatable bonds is 5. The van der Waals surface area contributed by atoms with Crippen molar-refractivity contribution in [1.82, 2.24) is 0 Å². The third-order valence-corrected chi connectivity index (χ3v) is 2.91. The lowest BCUT2D eigenvalue weighted by atomic mass is 10.3. The quantitative estimate of drug-likeness (QED) is 0.517. The van der Waals surface area contributed by atoms with E-state index in [1.807, 2.05) is 6.92 Å². The van der Waals surface area contributed by atoms with Gasteiger partial charge in [-0.05, 0) is 13.3 Å². The molecular formula is C8H18N2OS. The Morgan fingerprint density at radius 3 is 2.67 bits per heavy atom. The highest BCUT2D eigenvalue weighted by Crippen LogP contribution is 1.94. The minimum atomic E-state index is -0.793. The van der Waals surface area contributed by atoms with E-state index in [1.165, 1.54) is 0 Å². The van der Waals surface area contributed by atoms with Gasteiger partial charge in [0.2, 0.25) is 0 Å². The maximum atomic E-state index is 10.9. The molecule has 0 aliphatic carbocycles. The summed E-state index contributed by atoms with van der Waals surface area (Å²) in [6.45, 7) is 4.55. The molecule has 72 valence electrons. The van der Waals surface area contributed by atoms with Crippen molar-refractivity contribution < 1.29 is 4.21 Å². The zero-order valence-corrected chi connectivity index (χ0v) is 8.86. The van der Waals surface area contributed by atoms with Gasteiger partial charge in [0.15, 0.2) is 0 Å². The fraction of sp³-hybridized carbons (Fsp3) is 0.875. The van der Waals surface area contributed by atoms with Gasteiger partial charge in [0.25, 0.3) is 0 Å². The molecule has 0 radical (unpaired) electrons. The topological polar surface area (TPSA) is 55.4 Å². The van der Waals surface area contributed by atoms with Crippen molar-refractivity contribution in [2.75, 3.05) is 12.8 Å². The van der Waals surface area contributed by atoms with Crippen molar-refractivity contribution in [3.8, 4) is 0 Å². The zero-order valence-electron chi connectivity index (χ0n) is 8.04. The van der Waals surface area contributed by atoms with Gasteiger partial charge in [0, 0.05) is 23.5 Å². The van der Waals surface area contributed by atoms with Gasteiger partial charge in [-0.3, -0.25) is 9.20 Å². The van der Waals surface area contributed by atoms with Crippen LogP contribution >= 0.6 is 0 Å². The van der Waals surface area contributed by atoms with Crippen molar-refractivity contribution in [1.29, 1.82) is 0 Å². The van der Waals surface area contributed by atoms with E-state index in [-0.39, 0.29) is 5.25 Å². The standard InChI is InChI=1S/C8H18N2OS/c1-4-5-8(9)10-6-7(2)12(3)11/h7H,4-6H2,1-3H3,(H2,9,10). The molecule has 0 fully saturated rings. The predicted molar refractivity (Wildman–Crippen MR) is 54.9 cm³/mol. The van der Waals surface area contributed by atoms with Gasteiger partial charge >= 0.3 is 0 Å². The fourth-order valence-corrected chi connectivity index (χ4v) is 0.970. The second-order valence-electron chi connectivity index (χ2n) is 2.89. The van der Waals surface area contributed by atoms with Gasteiger partial charge < -0.3 is 5.73 Å². The minimum Gasteiger partial charge on any atom is -0.387 e. The summed E-state index contributed by atoms with van der Waals surface area (Å²) in [6, 6.07) is 0. The molecule has 0 rings (SSSR count). The van der Waals surface area contributed by atoms with Crippen LogP contribution in [-0.2, 0) is 10.8 Å². The summed E-state index contributed by atoms with van der Waals surface area (Å²) in [7, 11) is -0.793. The normalized spacial score (nSPS) is 17.4. The molecule has 0 saturated heterocycles. The minimum absolute atomic E-state index is 0.111. The lowest BCUT2D eigenvalue weighted by Gasteiger charge is -2.04. The van der Waals surface area contributed by atoms with Crippen molar-refractivity contribution >= 4 is 16.6 Å². The van der Waals surface area contributed by atoms with E-state index in [9.17, 15) is 4.21 Å². The summed E-state index contributed by atoms with van der Waals surface area (Å²) in [6.07, 6.45) is 3.54. The summed E-state index contributed by atoms with van der Waals surface area (Å²) in [5.41, 5.74) is 5.58. The van der Waals surface area contributed by atoms with Crippen LogP contribution in [0.15, 0.2) is 4.99 Å². The molecule has 2 atom stereocenters. The molecule has 0 saturated carbocycles. The monoisotopic (exact) mass is 190 g/mol. The molecule has 2 unspecified atom stereocenters. The van der Waals surface area contributed by atoms with Gasteiger partial charge in [0.05, 0.1) is 17.6 Å². The summed E-state index contributed by atoms with van der Waals surface area (Å²) in [5, 5.41) is 0.111. The van der Waals surface area contributed by atoms with Crippen LogP contribution in [-0.4, -0.2) is 28.1 Å². The lowest BCUT2D eigenvalue weighted by Crippen LogP contribution is -2.18. The van der Waals surface area contributed by atoms with Crippen LogP contribution in [0.2, 0.25) is 0 Å². The predicted octanol–water partition coefficient (Wildman–Crippen LogP) is 0.911. The first-order valence-corrected chi connectivity index (χ1v) is 5.81. The molecule has 3 nitrogen and oxygen atoms in total. The molecule has 0 aromatic rings. The first-order chi connectivity index (χ1) is 5.57. The third-order valence-electron chi connectivity index (χ3n) is 1.62. The van der Waals surface area contributed by atoms with Crippen molar-refractivity contribution in [2.24, 2.45) is 10.7 Å². The average molecular weight is 190 g/mol. The van der Waals surface area contributed by atoms with Crippen LogP contribution in [0.25, 0.3) is 0 Å². The molecule has 4 heteroatoms. The van der Waals surface area contributed by atoms with Crippen LogP contribution in [0.4, 0.5) is 0 Å². The Bertz CT molecular complexity index is 180. The summed E-state index contributed by atoms with van der Waals surface area (Å²) in [5.74, 6) is 0.676. The number of aliphatic imine (C=N–C) groups is 1. The van der Waals surface area contributed by atoms with Crippen molar-refractivity contribution in [2.45, 2.75) is 31.9 Å². The smallest absolute Gasteiger partial charge is 0.0937 e. The largest absolute Gasteiger partial charge is 0.387 e. The van der Waals surface area contributed by atoms with Crippen LogP contribution in [0, 0.1) is 0 Å². The van der Waals surface area contributed by atoms with Gasteiger partial charge in [-0.2, -0.15) is 0 Å². The van der Waals surface area contributed by atoms with Crippen molar-refractivity contribution in [3.63, 3.8) is 0 Å². The second kappa shape index (κ2) is 6.17. The van der Waals surface area contributed by atoms with Crippen LogP contribution in [0.5, 0.6) is 0 Å². The molecule has 0 aliphatic heterocycles. The first kappa shape index (κ1) is 11.6. The molecule has 0 amide bonds. The first-order valence-electron chi connectivity index (χ1n) is 4.19. The highest BCUT2D eigenvalue weighted by Gasteiger charge is 2.04. The fourth-order valence-electron chi connectivity index (χ4n) is 0.686. The number of amidine groups is 1. The highest BCUT2D eigenvalue weighted by atomic mass is 32.2. The third kappa shape index (κ3) is 5.29. The zero-order chi connectivity index (χ0) is 9.56.